The summed E-state index contributed by atoms with van der Waals surface area (Å²) in [6.45, 7) is 3.24. The first-order valence-electron chi connectivity index (χ1n) is 15.1. The van der Waals surface area contributed by atoms with Gasteiger partial charge < -0.3 is 4.42 Å². The number of furan rings is 1. The Balaban J connectivity index is 1.51. The second kappa shape index (κ2) is 9.25. The highest BCUT2D eigenvalue weighted by molar-refractivity contribution is 6.13. The van der Waals surface area contributed by atoms with Gasteiger partial charge in [-0.1, -0.05) is 74.5 Å². The Morgan fingerprint density at radius 1 is 0.842 bits per heavy atom. The number of hydrogen-bond donors (Lipinski definition) is 0. The van der Waals surface area contributed by atoms with Crippen LogP contribution in [-0.4, -0.2) is 0 Å². The van der Waals surface area contributed by atoms with Gasteiger partial charge in [-0.05, 0) is 65.7 Å². The number of fused-ring (bicyclic) bond motifs is 3. The predicted molar refractivity (Wildman–Crippen MR) is 155 cm³/mol. The molecule has 6 aromatic rings. The Kier molecular flexibility index (Phi) is 4.61. The zero-order chi connectivity index (χ0) is 30.8. The minimum atomic E-state index is -2.41. The van der Waals surface area contributed by atoms with Gasteiger partial charge in [-0.3, -0.25) is 0 Å². The maximum Gasteiger partial charge on any atom is 0.216 e. The quantitative estimate of drug-likeness (QED) is 0.218. The number of hydrogen-bond acceptors (Lipinski definition) is 1. The molecular formula is C35H31FNO+. The summed E-state index contributed by atoms with van der Waals surface area (Å²) in [4.78, 5) is 0. The lowest BCUT2D eigenvalue weighted by atomic mass is 9.95. The lowest BCUT2D eigenvalue weighted by molar-refractivity contribution is -0.660. The molecule has 0 unspecified atom stereocenters. The molecule has 0 amide bonds. The fourth-order valence-corrected chi connectivity index (χ4v) is 5.21. The summed E-state index contributed by atoms with van der Waals surface area (Å²) in [5, 5.41) is 1.56. The van der Waals surface area contributed by atoms with E-state index in [-0.39, 0.29) is 11.7 Å². The Bertz CT molecular complexity index is 2040. The molecule has 2 heterocycles. The molecule has 0 atom stereocenters. The number of pyridine rings is 1. The van der Waals surface area contributed by atoms with E-state index in [9.17, 15) is 0 Å². The van der Waals surface area contributed by atoms with E-state index < -0.39 is 18.6 Å². The van der Waals surface area contributed by atoms with E-state index in [4.69, 9.17) is 11.3 Å². The van der Waals surface area contributed by atoms with Crippen LogP contribution in [0.15, 0.2) is 95.5 Å². The molecule has 2 aromatic heterocycles. The van der Waals surface area contributed by atoms with Crippen LogP contribution in [0.2, 0.25) is 0 Å². The first kappa shape index (κ1) is 18.9. The summed E-state index contributed by atoms with van der Waals surface area (Å²) in [6, 6.07) is 25.8. The van der Waals surface area contributed by atoms with Crippen LogP contribution in [0, 0.1) is 19.6 Å². The normalized spacial score (nSPS) is 14.2. The van der Waals surface area contributed by atoms with Crippen molar-refractivity contribution in [3.8, 4) is 33.5 Å². The molecule has 0 aliphatic heterocycles. The average molecular weight is 506 g/mol. The highest BCUT2D eigenvalue weighted by atomic mass is 19.1. The Morgan fingerprint density at radius 2 is 1.55 bits per heavy atom. The first-order chi connectivity index (χ1) is 20.3. The molecule has 188 valence electrons. The van der Waals surface area contributed by atoms with E-state index in [1.165, 1.54) is 12.1 Å². The molecule has 4 aromatic carbocycles. The van der Waals surface area contributed by atoms with Gasteiger partial charge in [0.2, 0.25) is 5.69 Å². The first-order valence-corrected chi connectivity index (χ1v) is 12.6. The van der Waals surface area contributed by atoms with Gasteiger partial charge >= 0.3 is 0 Å². The summed E-state index contributed by atoms with van der Waals surface area (Å²) < 4.78 is 63.9. The van der Waals surface area contributed by atoms with Crippen molar-refractivity contribution in [2.45, 2.75) is 33.5 Å². The molecule has 0 N–H and O–H groups in total. The summed E-state index contributed by atoms with van der Waals surface area (Å²) in [5.74, 6) is -1.12. The van der Waals surface area contributed by atoms with Crippen LogP contribution in [0.4, 0.5) is 4.39 Å². The number of aromatic nitrogens is 1. The standard InChI is InChI=1S/C35H31FNO/c1-21(2)26-7-6-8-27(19-26)24-11-13-25(14-12-24)33-30(36)17-16-29-28-15-10-23(4)32(34(28)38-35(29)33)31-18-9-22(3)20-37(31)5/h6-21H,1-5H3/q+1/i3D3,20D,21D. The number of aryl methyl sites for hydroxylation is 2. The van der Waals surface area contributed by atoms with Crippen LogP contribution in [0.25, 0.3) is 55.4 Å². The summed E-state index contributed by atoms with van der Waals surface area (Å²) >= 11 is 0. The van der Waals surface area contributed by atoms with Gasteiger partial charge in [0, 0.05) is 27.9 Å². The largest absolute Gasteiger partial charge is 0.454 e. The average Bonchev–Trinajstić information content (AvgIpc) is 3.32. The number of benzene rings is 4. The Morgan fingerprint density at radius 3 is 2.29 bits per heavy atom. The summed E-state index contributed by atoms with van der Waals surface area (Å²) in [5.41, 5.74) is 7.05. The van der Waals surface area contributed by atoms with Crippen molar-refractivity contribution >= 4 is 21.9 Å². The Labute approximate surface area is 230 Å². The molecule has 0 saturated heterocycles. The minimum Gasteiger partial charge on any atom is -0.454 e. The van der Waals surface area contributed by atoms with Crippen molar-refractivity contribution in [1.29, 1.82) is 0 Å². The van der Waals surface area contributed by atoms with Crippen molar-refractivity contribution < 1.29 is 20.2 Å². The van der Waals surface area contributed by atoms with Crippen molar-refractivity contribution in [1.82, 2.24) is 0 Å². The predicted octanol–water partition coefficient (Wildman–Crippen LogP) is 9.29. The van der Waals surface area contributed by atoms with E-state index in [2.05, 4.69) is 0 Å². The van der Waals surface area contributed by atoms with Gasteiger partial charge in [0.25, 0.3) is 0 Å². The molecule has 2 nitrogen and oxygen atoms in total. The van der Waals surface area contributed by atoms with E-state index in [0.29, 0.717) is 28.0 Å². The second-order valence-corrected chi connectivity index (χ2v) is 10.00. The molecule has 0 aliphatic rings. The zero-order valence-electron chi connectivity index (χ0n) is 26.8. The molecule has 0 fully saturated rings. The van der Waals surface area contributed by atoms with E-state index >= 15 is 4.39 Å². The maximum atomic E-state index is 15.6. The molecule has 0 spiro atoms. The summed E-state index contributed by atoms with van der Waals surface area (Å²) in [6.07, 6.45) is -0.103. The van der Waals surface area contributed by atoms with E-state index in [0.717, 1.165) is 38.6 Å². The topological polar surface area (TPSA) is 17.0 Å². The molecule has 6 rings (SSSR count). The van der Waals surface area contributed by atoms with Crippen LogP contribution in [-0.2, 0) is 7.05 Å². The fraction of sp³-hybridized carbons (Fsp3) is 0.171. The van der Waals surface area contributed by atoms with Gasteiger partial charge in [0.15, 0.2) is 6.17 Å². The van der Waals surface area contributed by atoms with Crippen LogP contribution in [0.3, 0.4) is 0 Å². The molecule has 0 bridgehead atoms. The maximum absolute atomic E-state index is 15.6. The zero-order valence-corrected chi connectivity index (χ0v) is 21.8. The third kappa shape index (κ3) is 3.99. The third-order valence-electron chi connectivity index (χ3n) is 7.23. The van der Waals surface area contributed by atoms with Crippen molar-refractivity contribution in [3.05, 3.63) is 114 Å². The number of rotatable bonds is 4. The fourth-order valence-electron chi connectivity index (χ4n) is 5.21. The lowest BCUT2D eigenvalue weighted by Gasteiger charge is -2.10. The van der Waals surface area contributed by atoms with Gasteiger partial charge in [-0.15, -0.1) is 0 Å². The van der Waals surface area contributed by atoms with Gasteiger partial charge in [0.05, 0.1) is 11.1 Å². The van der Waals surface area contributed by atoms with E-state index in [1.807, 2.05) is 81.4 Å². The molecule has 38 heavy (non-hydrogen) atoms. The van der Waals surface area contributed by atoms with Crippen LogP contribution >= 0.6 is 0 Å². The molecule has 0 radical (unpaired) electrons. The van der Waals surface area contributed by atoms with E-state index in [1.54, 1.807) is 23.7 Å². The minimum absolute atomic E-state index is 0.0314. The Hall–Kier alpha value is -4.24. The number of nitrogens with zero attached hydrogens (tertiary/aromatic N) is 1. The van der Waals surface area contributed by atoms with Crippen molar-refractivity contribution in [2.24, 2.45) is 7.05 Å². The molecular weight excluding hydrogens is 469 g/mol. The lowest BCUT2D eigenvalue weighted by Crippen LogP contribution is -2.31. The third-order valence-corrected chi connectivity index (χ3v) is 7.23. The number of halogens is 1. The van der Waals surface area contributed by atoms with Gasteiger partial charge in [-0.25, -0.2) is 8.96 Å². The molecule has 0 saturated carbocycles. The van der Waals surface area contributed by atoms with Crippen LogP contribution in [0.5, 0.6) is 0 Å². The second-order valence-electron chi connectivity index (χ2n) is 10.00. The van der Waals surface area contributed by atoms with Crippen molar-refractivity contribution in [2.75, 3.05) is 0 Å². The van der Waals surface area contributed by atoms with Crippen LogP contribution < -0.4 is 4.57 Å². The highest BCUT2D eigenvalue weighted by Gasteiger charge is 2.23. The van der Waals surface area contributed by atoms with Gasteiger partial charge in [-0.2, -0.15) is 0 Å². The van der Waals surface area contributed by atoms with Crippen molar-refractivity contribution in [3.63, 3.8) is 0 Å². The SMILES string of the molecule is [2H]c1c(C([2H])([2H])[2H])ccc(-c2c(C)ccc3c2oc2c(-c4ccc(-c5cccc(C([2H])(C)C)c5)cc4)c(F)ccc23)[n+]1C. The van der Waals surface area contributed by atoms with Gasteiger partial charge in [0.1, 0.15) is 25.4 Å². The molecule has 3 heteroatoms. The summed E-state index contributed by atoms with van der Waals surface area (Å²) in [7, 11) is 1.67. The smallest absolute Gasteiger partial charge is 0.216 e. The highest BCUT2D eigenvalue weighted by Crippen LogP contribution is 2.42. The monoisotopic (exact) mass is 505 g/mol. The molecule has 0 aliphatic carbocycles. The van der Waals surface area contributed by atoms with Crippen LogP contribution in [0.1, 0.15) is 43.3 Å².